The summed E-state index contributed by atoms with van der Waals surface area (Å²) in [5.41, 5.74) is 0.359. The average molecular weight is 317 g/mol. The topological polar surface area (TPSA) is 102 Å². The number of fused-ring (bicyclic) bond motifs is 1. The molecule has 0 saturated carbocycles. The minimum Gasteiger partial charge on any atom is -0.479 e. The Morgan fingerprint density at radius 2 is 2.13 bits per heavy atom. The monoisotopic (exact) mass is 317 g/mol. The van der Waals surface area contributed by atoms with Crippen LogP contribution < -0.4 is 5.43 Å². The SMILES string of the molecule is O=C(O)C1CN(C(=O)Cn2ncc(=O)c3ccccc32)CCO1. The predicted molar refractivity (Wildman–Crippen MR) is 80.0 cm³/mol. The number of hydrogen-bond acceptors (Lipinski definition) is 5. The summed E-state index contributed by atoms with van der Waals surface area (Å²) in [7, 11) is 0. The van der Waals surface area contributed by atoms with Crippen LogP contribution in [-0.2, 0) is 20.9 Å². The van der Waals surface area contributed by atoms with Crippen LogP contribution in [0.25, 0.3) is 10.9 Å². The molecule has 2 heterocycles. The summed E-state index contributed by atoms with van der Waals surface area (Å²) in [4.78, 5) is 36.6. The van der Waals surface area contributed by atoms with Crippen LogP contribution in [0, 0.1) is 0 Å². The third-order valence-corrected chi connectivity index (χ3v) is 3.74. The zero-order chi connectivity index (χ0) is 16.4. The van der Waals surface area contributed by atoms with E-state index in [2.05, 4.69) is 5.10 Å². The molecule has 23 heavy (non-hydrogen) atoms. The van der Waals surface area contributed by atoms with Crippen LogP contribution in [0.4, 0.5) is 0 Å². The van der Waals surface area contributed by atoms with E-state index in [9.17, 15) is 14.4 Å². The van der Waals surface area contributed by atoms with Crippen LogP contribution >= 0.6 is 0 Å². The first-order chi connectivity index (χ1) is 11.1. The largest absolute Gasteiger partial charge is 0.479 e. The number of carbonyl (C=O) groups excluding carboxylic acids is 1. The van der Waals surface area contributed by atoms with Gasteiger partial charge in [-0.05, 0) is 12.1 Å². The molecule has 1 N–H and O–H groups in total. The number of benzene rings is 1. The summed E-state index contributed by atoms with van der Waals surface area (Å²) in [6, 6.07) is 6.90. The molecule has 120 valence electrons. The molecule has 0 aliphatic carbocycles. The minimum atomic E-state index is -1.09. The summed E-state index contributed by atoms with van der Waals surface area (Å²) in [5, 5.41) is 13.5. The lowest BCUT2D eigenvalue weighted by Crippen LogP contribution is -2.49. The molecule has 2 aromatic rings. The van der Waals surface area contributed by atoms with E-state index in [1.807, 2.05) is 0 Å². The second-order valence-electron chi connectivity index (χ2n) is 5.22. The van der Waals surface area contributed by atoms with E-state index >= 15 is 0 Å². The number of para-hydroxylation sites is 1. The maximum Gasteiger partial charge on any atom is 0.334 e. The van der Waals surface area contributed by atoms with Gasteiger partial charge in [-0.3, -0.25) is 14.3 Å². The minimum absolute atomic E-state index is 0.00625. The zero-order valence-corrected chi connectivity index (χ0v) is 12.2. The van der Waals surface area contributed by atoms with E-state index in [1.165, 1.54) is 15.8 Å². The van der Waals surface area contributed by atoms with Gasteiger partial charge in [0.2, 0.25) is 11.3 Å². The van der Waals surface area contributed by atoms with Crippen molar-refractivity contribution in [3.63, 3.8) is 0 Å². The number of rotatable bonds is 3. The van der Waals surface area contributed by atoms with Crippen LogP contribution in [0.1, 0.15) is 0 Å². The van der Waals surface area contributed by atoms with Crippen molar-refractivity contribution in [2.45, 2.75) is 12.6 Å². The highest BCUT2D eigenvalue weighted by Gasteiger charge is 2.29. The summed E-state index contributed by atoms with van der Waals surface area (Å²) in [6.07, 6.45) is 0.168. The van der Waals surface area contributed by atoms with Crippen LogP contribution in [0.5, 0.6) is 0 Å². The molecule has 1 unspecified atom stereocenters. The Bertz CT molecular complexity index is 816. The lowest BCUT2D eigenvalue weighted by molar-refractivity contribution is -0.159. The number of carboxylic acid groups (broad SMARTS) is 1. The maximum atomic E-state index is 12.4. The zero-order valence-electron chi connectivity index (χ0n) is 12.2. The van der Waals surface area contributed by atoms with Crippen molar-refractivity contribution >= 4 is 22.8 Å². The van der Waals surface area contributed by atoms with Gasteiger partial charge < -0.3 is 14.7 Å². The van der Waals surface area contributed by atoms with E-state index in [0.717, 1.165) is 0 Å². The average Bonchev–Trinajstić information content (AvgIpc) is 2.57. The van der Waals surface area contributed by atoms with Crippen molar-refractivity contribution in [3.8, 4) is 0 Å². The first-order valence-corrected chi connectivity index (χ1v) is 7.13. The highest BCUT2D eigenvalue weighted by atomic mass is 16.5. The van der Waals surface area contributed by atoms with Gasteiger partial charge in [0, 0.05) is 11.9 Å². The molecular formula is C15H15N3O5. The highest BCUT2D eigenvalue weighted by Crippen LogP contribution is 2.10. The van der Waals surface area contributed by atoms with Gasteiger partial charge in [-0.15, -0.1) is 0 Å². The van der Waals surface area contributed by atoms with E-state index in [-0.39, 0.29) is 31.0 Å². The molecule has 1 aliphatic heterocycles. The Balaban J connectivity index is 1.82. The van der Waals surface area contributed by atoms with Crippen LogP contribution in [-0.4, -0.2) is 57.5 Å². The molecule has 0 bridgehead atoms. The number of aromatic nitrogens is 2. The molecule has 8 nitrogen and oxygen atoms in total. The second-order valence-corrected chi connectivity index (χ2v) is 5.22. The molecule has 0 spiro atoms. The fourth-order valence-electron chi connectivity index (χ4n) is 2.54. The second kappa shape index (κ2) is 6.17. The third kappa shape index (κ3) is 3.07. The molecular weight excluding hydrogens is 302 g/mol. The van der Waals surface area contributed by atoms with Gasteiger partial charge in [-0.25, -0.2) is 4.79 Å². The third-order valence-electron chi connectivity index (χ3n) is 3.74. The van der Waals surface area contributed by atoms with Gasteiger partial charge in [0.15, 0.2) is 6.10 Å². The Kier molecular flexibility index (Phi) is 4.07. The number of morpholine rings is 1. The fourth-order valence-corrected chi connectivity index (χ4v) is 2.54. The highest BCUT2D eigenvalue weighted by molar-refractivity contribution is 5.82. The van der Waals surface area contributed by atoms with Gasteiger partial charge in [0.25, 0.3) is 0 Å². The quantitative estimate of drug-likeness (QED) is 0.834. The molecule has 1 amide bonds. The Labute approximate surface area is 130 Å². The standard InChI is InChI=1S/C15H15N3O5/c19-12-7-16-18(11-4-2-1-3-10(11)12)9-14(20)17-5-6-23-13(8-17)15(21)22/h1-4,7,13H,5-6,8-9H2,(H,21,22). The summed E-state index contributed by atoms with van der Waals surface area (Å²) < 4.78 is 6.55. The molecule has 1 saturated heterocycles. The van der Waals surface area contributed by atoms with Gasteiger partial charge in [-0.2, -0.15) is 5.10 Å². The summed E-state index contributed by atoms with van der Waals surface area (Å²) >= 11 is 0. The maximum absolute atomic E-state index is 12.4. The Morgan fingerprint density at radius 1 is 1.35 bits per heavy atom. The number of ether oxygens (including phenoxy) is 1. The number of hydrogen-bond donors (Lipinski definition) is 1. The van der Waals surface area contributed by atoms with Crippen molar-refractivity contribution in [1.82, 2.24) is 14.7 Å². The van der Waals surface area contributed by atoms with Crippen molar-refractivity contribution in [2.24, 2.45) is 0 Å². The first-order valence-electron chi connectivity index (χ1n) is 7.13. The summed E-state index contributed by atoms with van der Waals surface area (Å²) in [6.45, 7) is 0.460. The van der Waals surface area contributed by atoms with Crippen LogP contribution in [0.2, 0.25) is 0 Å². The van der Waals surface area contributed by atoms with Gasteiger partial charge >= 0.3 is 5.97 Å². The van der Waals surface area contributed by atoms with Gasteiger partial charge in [0.05, 0.1) is 24.9 Å². The van der Waals surface area contributed by atoms with E-state index in [4.69, 9.17) is 9.84 Å². The van der Waals surface area contributed by atoms with Crippen molar-refractivity contribution < 1.29 is 19.4 Å². The lowest BCUT2D eigenvalue weighted by Gasteiger charge is -2.31. The van der Waals surface area contributed by atoms with E-state index in [1.54, 1.807) is 24.3 Å². The van der Waals surface area contributed by atoms with E-state index < -0.39 is 12.1 Å². The molecule has 8 heteroatoms. The lowest BCUT2D eigenvalue weighted by atomic mass is 10.2. The normalized spacial score (nSPS) is 18.1. The Morgan fingerprint density at radius 3 is 2.91 bits per heavy atom. The van der Waals surface area contributed by atoms with E-state index in [0.29, 0.717) is 17.4 Å². The van der Waals surface area contributed by atoms with Crippen molar-refractivity contribution in [3.05, 3.63) is 40.7 Å². The van der Waals surface area contributed by atoms with Crippen molar-refractivity contribution in [2.75, 3.05) is 19.7 Å². The molecule has 1 atom stereocenters. The number of carboxylic acids is 1. The number of aliphatic carboxylic acids is 1. The fraction of sp³-hybridized carbons (Fsp3) is 0.333. The molecule has 3 rings (SSSR count). The predicted octanol–water partition coefficient (Wildman–Crippen LogP) is -0.291. The molecule has 1 fully saturated rings. The van der Waals surface area contributed by atoms with Crippen LogP contribution in [0.15, 0.2) is 35.3 Å². The van der Waals surface area contributed by atoms with Gasteiger partial charge in [0.1, 0.15) is 6.54 Å². The first kappa shape index (κ1) is 15.2. The van der Waals surface area contributed by atoms with Gasteiger partial charge in [-0.1, -0.05) is 12.1 Å². The summed E-state index contributed by atoms with van der Waals surface area (Å²) in [5.74, 6) is -1.35. The molecule has 1 aromatic heterocycles. The molecule has 0 radical (unpaired) electrons. The van der Waals surface area contributed by atoms with Crippen LogP contribution in [0.3, 0.4) is 0 Å². The molecule has 1 aromatic carbocycles. The Hall–Kier alpha value is -2.74. The molecule has 1 aliphatic rings. The number of carbonyl (C=O) groups is 2. The number of amides is 1. The number of nitrogens with zero attached hydrogens (tertiary/aromatic N) is 3. The smallest absolute Gasteiger partial charge is 0.334 e. The van der Waals surface area contributed by atoms with Crippen molar-refractivity contribution in [1.29, 1.82) is 0 Å².